The van der Waals surface area contributed by atoms with Crippen LogP contribution in [0.5, 0.6) is 0 Å². The van der Waals surface area contributed by atoms with Crippen molar-refractivity contribution < 1.29 is 31.6 Å². The summed E-state index contributed by atoms with van der Waals surface area (Å²) in [4.78, 5) is 40.4. The minimum absolute atomic E-state index is 0.00545. The number of imide groups is 1. The van der Waals surface area contributed by atoms with Gasteiger partial charge in [0.1, 0.15) is 6.04 Å². The first-order chi connectivity index (χ1) is 14.2. The Morgan fingerprint density at radius 2 is 2.07 bits per heavy atom. The highest BCUT2D eigenvalue weighted by atomic mass is 32.3. The minimum atomic E-state index is -4.90. The number of hydroxylamine groups is 2. The summed E-state index contributed by atoms with van der Waals surface area (Å²) in [5, 5.41) is 15.3. The van der Waals surface area contributed by atoms with Gasteiger partial charge in [-0.25, -0.2) is 15.6 Å². The number of hydrogen-bond acceptors (Lipinski definition) is 11. The van der Waals surface area contributed by atoms with Crippen molar-refractivity contribution in [1.29, 1.82) is 0 Å². The quantitative estimate of drug-likeness (QED) is 0.135. The average Bonchev–Trinajstić information content (AvgIpc) is 3.43. The van der Waals surface area contributed by atoms with Gasteiger partial charge >= 0.3 is 16.4 Å². The molecule has 4 N–H and O–H groups in total. The van der Waals surface area contributed by atoms with E-state index >= 15 is 0 Å². The summed E-state index contributed by atoms with van der Waals surface area (Å²) in [6.45, 7) is 0.376. The van der Waals surface area contributed by atoms with Crippen LogP contribution >= 0.6 is 0 Å². The van der Waals surface area contributed by atoms with Crippen molar-refractivity contribution >= 4 is 28.2 Å². The molecule has 0 spiro atoms. The number of nitrogens with one attached hydrogen (secondary N) is 1. The summed E-state index contributed by atoms with van der Waals surface area (Å²) in [7, 11) is -4.90. The average molecular weight is 445 g/mol. The maximum absolute atomic E-state index is 12.8. The van der Waals surface area contributed by atoms with Crippen molar-refractivity contribution in [2.24, 2.45) is 5.84 Å². The molecule has 164 valence electrons. The molecule has 0 radical (unpaired) electrons. The number of nitrogens with zero attached hydrogens (tertiary/aromatic N) is 7. The number of hydrogen-bond donors (Lipinski definition) is 3. The predicted molar refractivity (Wildman–Crippen MR) is 92.7 cm³/mol. The Labute approximate surface area is 169 Å². The minimum Gasteiger partial charge on any atom is -0.309 e. The molecule has 4 rings (SSSR count). The fourth-order valence-electron chi connectivity index (χ4n) is 3.95. The number of hydrazine groups is 1. The number of tetrazole rings is 1. The molecule has 4 heterocycles. The summed E-state index contributed by atoms with van der Waals surface area (Å²) in [5.74, 6) is 4.29. The first-order valence-electron chi connectivity index (χ1n) is 9.01. The van der Waals surface area contributed by atoms with E-state index in [4.69, 9.17) is 10.4 Å². The Morgan fingerprint density at radius 3 is 2.73 bits per heavy atom. The van der Waals surface area contributed by atoms with Gasteiger partial charge < -0.3 is 10.2 Å². The molecule has 0 saturated carbocycles. The maximum Gasteiger partial charge on any atom is 0.418 e. The van der Waals surface area contributed by atoms with Crippen LogP contribution in [-0.4, -0.2) is 97.2 Å². The maximum atomic E-state index is 12.8. The standard InChI is InChI=1S/C13H19N9O7S/c14-20(11(23)9-3-8(4-15-9)22-17-6-16-18-22)12(24)10-2-1-7-5-19(10)13(25)21(7)29-30(26,27)28/h6-10,15H,1-5,14H2,(H,26,27,28)/t7-,8+,9+,10+/m1/s1. The fraction of sp³-hybridized carbons (Fsp3) is 0.692. The van der Waals surface area contributed by atoms with Gasteiger partial charge in [-0.05, 0) is 24.5 Å². The summed E-state index contributed by atoms with van der Waals surface area (Å²) < 4.78 is 35.1. The molecular weight excluding hydrogens is 426 g/mol. The molecule has 3 aliphatic rings. The number of piperidine rings is 1. The van der Waals surface area contributed by atoms with Crippen molar-refractivity contribution in [1.82, 2.24) is 40.5 Å². The zero-order chi connectivity index (χ0) is 21.6. The van der Waals surface area contributed by atoms with E-state index in [9.17, 15) is 22.8 Å². The molecule has 2 bridgehead atoms. The van der Waals surface area contributed by atoms with Gasteiger partial charge in [-0.15, -0.1) is 14.5 Å². The van der Waals surface area contributed by atoms with Crippen LogP contribution < -0.4 is 11.2 Å². The number of rotatable bonds is 5. The van der Waals surface area contributed by atoms with E-state index in [-0.39, 0.29) is 25.4 Å². The molecule has 1 aromatic rings. The van der Waals surface area contributed by atoms with Crippen molar-refractivity contribution in [3.8, 4) is 0 Å². The summed E-state index contributed by atoms with van der Waals surface area (Å²) in [6, 6.07) is -3.61. The van der Waals surface area contributed by atoms with Crippen molar-refractivity contribution in [2.45, 2.75) is 43.4 Å². The molecule has 30 heavy (non-hydrogen) atoms. The number of carbonyl (C=O) groups excluding carboxylic acids is 3. The highest BCUT2D eigenvalue weighted by Gasteiger charge is 2.50. The van der Waals surface area contributed by atoms with E-state index in [0.29, 0.717) is 23.0 Å². The summed E-state index contributed by atoms with van der Waals surface area (Å²) in [5.41, 5.74) is 0. The van der Waals surface area contributed by atoms with Gasteiger partial charge in [0, 0.05) is 13.1 Å². The molecule has 3 aliphatic heterocycles. The molecule has 4 amide bonds. The first-order valence-corrected chi connectivity index (χ1v) is 10.4. The molecule has 0 unspecified atom stereocenters. The molecule has 16 nitrogen and oxygen atoms in total. The Balaban J connectivity index is 1.41. The second kappa shape index (κ2) is 7.51. The topological polar surface area (TPSA) is 206 Å². The monoisotopic (exact) mass is 445 g/mol. The third-order valence-electron chi connectivity index (χ3n) is 5.35. The molecule has 3 fully saturated rings. The summed E-state index contributed by atoms with van der Waals surface area (Å²) in [6.07, 6.45) is 1.93. The number of fused-ring (bicyclic) bond motifs is 2. The van der Waals surface area contributed by atoms with Crippen LogP contribution in [0, 0.1) is 0 Å². The van der Waals surface area contributed by atoms with Crippen molar-refractivity contribution in [2.75, 3.05) is 13.1 Å². The molecule has 3 saturated heterocycles. The van der Waals surface area contributed by atoms with E-state index < -0.39 is 46.4 Å². The lowest BCUT2D eigenvalue weighted by Gasteiger charge is -2.31. The highest BCUT2D eigenvalue weighted by molar-refractivity contribution is 7.80. The first kappa shape index (κ1) is 20.5. The number of aromatic nitrogens is 4. The zero-order valence-electron chi connectivity index (χ0n) is 15.4. The number of nitrogens with two attached hydrogens (primary N) is 1. The smallest absolute Gasteiger partial charge is 0.309 e. The fourth-order valence-corrected chi connectivity index (χ4v) is 4.34. The van der Waals surface area contributed by atoms with Crippen molar-refractivity contribution in [3.63, 3.8) is 0 Å². The molecule has 0 aromatic carbocycles. The van der Waals surface area contributed by atoms with Gasteiger partial charge in [-0.2, -0.15) is 18.3 Å². The lowest BCUT2D eigenvalue weighted by Crippen LogP contribution is -2.58. The third-order valence-corrected chi connectivity index (χ3v) is 5.70. The second-order valence-electron chi connectivity index (χ2n) is 7.16. The molecule has 1 aromatic heterocycles. The van der Waals surface area contributed by atoms with E-state index in [2.05, 4.69) is 25.0 Å². The lowest BCUT2D eigenvalue weighted by atomic mass is 10.00. The Morgan fingerprint density at radius 1 is 1.30 bits per heavy atom. The van der Waals surface area contributed by atoms with Crippen molar-refractivity contribution in [3.05, 3.63) is 6.33 Å². The van der Waals surface area contributed by atoms with Gasteiger partial charge in [-0.3, -0.25) is 14.1 Å². The normalized spacial score (nSPS) is 28.8. The Hall–Kier alpha value is -2.73. The van der Waals surface area contributed by atoms with Gasteiger partial charge in [-0.1, -0.05) is 0 Å². The zero-order valence-corrected chi connectivity index (χ0v) is 16.3. The van der Waals surface area contributed by atoms with Crippen LogP contribution in [-0.2, 0) is 24.3 Å². The van der Waals surface area contributed by atoms with Gasteiger partial charge in [0.05, 0.1) is 18.1 Å². The van der Waals surface area contributed by atoms with Gasteiger partial charge in [0.25, 0.3) is 11.8 Å². The van der Waals surface area contributed by atoms with Crippen LogP contribution in [0.15, 0.2) is 6.33 Å². The largest absolute Gasteiger partial charge is 0.418 e. The summed E-state index contributed by atoms with van der Waals surface area (Å²) >= 11 is 0. The van der Waals surface area contributed by atoms with E-state index in [1.807, 2.05) is 0 Å². The van der Waals surface area contributed by atoms with Crippen LogP contribution in [0.4, 0.5) is 4.79 Å². The van der Waals surface area contributed by atoms with Crippen LogP contribution in [0.1, 0.15) is 25.3 Å². The number of carbonyl (C=O) groups is 3. The van der Waals surface area contributed by atoms with E-state index in [1.54, 1.807) is 0 Å². The second-order valence-corrected chi connectivity index (χ2v) is 8.17. The highest BCUT2D eigenvalue weighted by Crippen LogP contribution is 2.31. The van der Waals surface area contributed by atoms with Gasteiger partial charge in [0.15, 0.2) is 6.33 Å². The van der Waals surface area contributed by atoms with E-state index in [1.165, 1.54) is 11.1 Å². The third kappa shape index (κ3) is 3.72. The Kier molecular flexibility index (Phi) is 5.14. The van der Waals surface area contributed by atoms with Gasteiger partial charge in [0.2, 0.25) is 0 Å². The molecular formula is C13H19N9O7S. The molecule has 17 heteroatoms. The molecule has 0 aliphatic carbocycles. The lowest BCUT2D eigenvalue weighted by molar-refractivity contribution is -0.149. The predicted octanol–water partition coefficient (Wildman–Crippen LogP) is -3.19. The van der Waals surface area contributed by atoms with Crippen LogP contribution in [0.2, 0.25) is 0 Å². The number of urea groups is 1. The molecule has 4 atom stereocenters. The van der Waals surface area contributed by atoms with Crippen LogP contribution in [0.25, 0.3) is 0 Å². The Bertz CT molecular complexity index is 954. The van der Waals surface area contributed by atoms with E-state index in [0.717, 1.165) is 4.90 Å². The number of amides is 4. The van der Waals surface area contributed by atoms with Crippen LogP contribution in [0.3, 0.4) is 0 Å². The SMILES string of the molecule is NN(C(=O)[C@@H]1C[C@H](n2ncnn2)CN1)C(=O)[C@@H]1CC[C@@H]2CN1C(=O)N2OS(=O)(=O)O.